The smallest absolute Gasteiger partial charge is 0.161 e. The third kappa shape index (κ3) is 4.50. The maximum Gasteiger partial charge on any atom is 0.161 e. The predicted octanol–water partition coefficient (Wildman–Crippen LogP) is 6.81. The Bertz CT molecular complexity index is 1280. The lowest BCUT2D eigenvalue weighted by molar-refractivity contribution is 0.289. The summed E-state index contributed by atoms with van der Waals surface area (Å²) < 4.78 is 18.3. The molecule has 2 aliphatic rings. The Balaban J connectivity index is 1.17. The highest BCUT2D eigenvalue weighted by Gasteiger charge is 2.20. The average Bonchev–Trinajstić information content (AvgIpc) is 2.88. The van der Waals surface area contributed by atoms with Crippen molar-refractivity contribution in [2.24, 2.45) is 0 Å². The predicted molar refractivity (Wildman–Crippen MR) is 139 cm³/mol. The van der Waals surface area contributed by atoms with E-state index in [1.165, 1.54) is 22.3 Å². The molecule has 2 aliphatic heterocycles. The third-order valence-corrected chi connectivity index (χ3v) is 6.52. The quantitative estimate of drug-likeness (QED) is 0.331. The molecule has 0 aromatic heterocycles. The minimum absolute atomic E-state index is 0.519. The fourth-order valence-electron chi connectivity index (χ4n) is 4.61. The molecular formula is C30H28N2O3. The summed E-state index contributed by atoms with van der Waals surface area (Å²) >= 11 is 0. The number of nitrogens with zero attached hydrogens (tertiary/aromatic N) is 2. The Hall–Kier alpha value is -4.12. The van der Waals surface area contributed by atoms with Gasteiger partial charge in [0.05, 0.1) is 0 Å². The summed E-state index contributed by atoms with van der Waals surface area (Å²) in [5.41, 5.74) is 6.96. The Labute approximate surface area is 206 Å². The molecule has 0 saturated carbocycles. The van der Waals surface area contributed by atoms with Crippen LogP contribution in [0.1, 0.15) is 22.3 Å². The molecule has 176 valence electrons. The van der Waals surface area contributed by atoms with Crippen LogP contribution in [0.15, 0.2) is 84.9 Å². The van der Waals surface area contributed by atoms with Gasteiger partial charge in [0.2, 0.25) is 0 Å². The monoisotopic (exact) mass is 464 g/mol. The SMILES string of the molecule is Cc1ccc2c(c1)OCN(c1cccc(Oc3cccc(N4COc5cc(C)ccc5C4)c3)c1)C2. The largest absolute Gasteiger partial charge is 0.473 e. The molecular weight excluding hydrogens is 436 g/mol. The zero-order chi connectivity index (χ0) is 23.8. The summed E-state index contributed by atoms with van der Waals surface area (Å²) in [5.74, 6) is 3.55. The van der Waals surface area contributed by atoms with Crippen LogP contribution in [0.2, 0.25) is 0 Å². The van der Waals surface area contributed by atoms with E-state index in [-0.39, 0.29) is 0 Å². The van der Waals surface area contributed by atoms with E-state index >= 15 is 0 Å². The summed E-state index contributed by atoms with van der Waals surface area (Å²) in [5, 5.41) is 0. The lowest BCUT2D eigenvalue weighted by atomic mass is 10.1. The number of benzene rings is 4. The van der Waals surface area contributed by atoms with Gasteiger partial charge in [-0.2, -0.15) is 0 Å². The first-order valence-corrected chi connectivity index (χ1v) is 11.9. The maximum atomic E-state index is 6.28. The van der Waals surface area contributed by atoms with Crippen molar-refractivity contribution in [3.8, 4) is 23.0 Å². The van der Waals surface area contributed by atoms with Crippen molar-refractivity contribution in [1.29, 1.82) is 0 Å². The number of fused-ring (bicyclic) bond motifs is 2. The van der Waals surface area contributed by atoms with Gasteiger partial charge in [-0.3, -0.25) is 0 Å². The van der Waals surface area contributed by atoms with Gasteiger partial charge in [0.1, 0.15) is 23.0 Å². The Kier molecular flexibility index (Phi) is 5.45. The lowest BCUT2D eigenvalue weighted by Crippen LogP contribution is -2.31. The molecule has 0 aliphatic carbocycles. The second-order valence-electron chi connectivity index (χ2n) is 9.26. The highest BCUT2D eigenvalue weighted by atomic mass is 16.5. The van der Waals surface area contributed by atoms with E-state index in [2.05, 4.69) is 84.3 Å². The fourth-order valence-corrected chi connectivity index (χ4v) is 4.61. The third-order valence-electron chi connectivity index (χ3n) is 6.52. The van der Waals surface area contributed by atoms with E-state index in [4.69, 9.17) is 14.2 Å². The molecule has 0 spiro atoms. The van der Waals surface area contributed by atoms with Crippen molar-refractivity contribution in [2.75, 3.05) is 23.3 Å². The van der Waals surface area contributed by atoms with E-state index in [0.717, 1.165) is 47.5 Å². The van der Waals surface area contributed by atoms with Crippen LogP contribution >= 0.6 is 0 Å². The Morgan fingerprint density at radius 3 is 1.57 bits per heavy atom. The topological polar surface area (TPSA) is 34.2 Å². The summed E-state index contributed by atoms with van der Waals surface area (Å²) in [6, 6.07) is 29.1. The fraction of sp³-hybridized carbons (Fsp3) is 0.200. The molecule has 0 bridgehead atoms. The van der Waals surface area contributed by atoms with Gasteiger partial charge in [-0.25, -0.2) is 0 Å². The van der Waals surface area contributed by atoms with Crippen molar-refractivity contribution >= 4 is 11.4 Å². The van der Waals surface area contributed by atoms with E-state index in [9.17, 15) is 0 Å². The number of aryl methyl sites for hydroxylation is 2. The second-order valence-corrected chi connectivity index (χ2v) is 9.26. The number of rotatable bonds is 4. The first kappa shape index (κ1) is 21.4. The van der Waals surface area contributed by atoms with E-state index in [1.807, 2.05) is 24.3 Å². The van der Waals surface area contributed by atoms with Gasteiger partial charge in [-0.05, 0) is 61.4 Å². The summed E-state index contributed by atoms with van der Waals surface area (Å²) in [7, 11) is 0. The molecule has 0 fully saturated rings. The number of hydrogen-bond acceptors (Lipinski definition) is 5. The molecule has 35 heavy (non-hydrogen) atoms. The normalized spacial score (nSPS) is 14.5. The summed E-state index contributed by atoms with van der Waals surface area (Å²) in [4.78, 5) is 4.43. The molecule has 0 N–H and O–H groups in total. The standard InChI is InChI=1S/C30H28N2O3/c1-21-9-11-23-17-31(19-33-29(23)13-21)25-5-3-7-27(15-25)35-28-8-4-6-26(16-28)32-18-24-12-10-22(2)14-30(24)34-20-32/h3-16H,17-20H2,1-2H3. The zero-order valence-corrected chi connectivity index (χ0v) is 20.0. The minimum Gasteiger partial charge on any atom is -0.473 e. The van der Waals surface area contributed by atoms with Crippen molar-refractivity contribution in [3.05, 3.63) is 107 Å². The average molecular weight is 465 g/mol. The molecule has 0 radical (unpaired) electrons. The molecule has 2 heterocycles. The van der Waals surface area contributed by atoms with Gasteiger partial charge in [-0.1, -0.05) is 36.4 Å². The van der Waals surface area contributed by atoms with Gasteiger partial charge >= 0.3 is 0 Å². The van der Waals surface area contributed by atoms with Crippen LogP contribution in [0.4, 0.5) is 11.4 Å². The van der Waals surface area contributed by atoms with Crippen molar-refractivity contribution < 1.29 is 14.2 Å². The highest BCUT2D eigenvalue weighted by molar-refractivity contribution is 5.56. The molecule has 6 rings (SSSR count). The summed E-state index contributed by atoms with van der Waals surface area (Å²) in [6.07, 6.45) is 0. The first-order chi connectivity index (χ1) is 17.1. The zero-order valence-electron chi connectivity index (χ0n) is 20.0. The number of hydrogen-bond donors (Lipinski definition) is 0. The van der Waals surface area contributed by atoms with Crippen LogP contribution in [-0.2, 0) is 13.1 Å². The Morgan fingerprint density at radius 2 is 1.09 bits per heavy atom. The van der Waals surface area contributed by atoms with Crippen LogP contribution in [0.25, 0.3) is 0 Å². The van der Waals surface area contributed by atoms with Crippen LogP contribution in [0, 0.1) is 13.8 Å². The molecule has 5 nitrogen and oxygen atoms in total. The summed E-state index contributed by atoms with van der Waals surface area (Å²) in [6.45, 7) is 6.83. The first-order valence-electron chi connectivity index (χ1n) is 11.9. The van der Waals surface area contributed by atoms with Gasteiger partial charge in [0.25, 0.3) is 0 Å². The molecule has 4 aromatic rings. The van der Waals surface area contributed by atoms with Crippen molar-refractivity contribution in [1.82, 2.24) is 0 Å². The van der Waals surface area contributed by atoms with Crippen molar-refractivity contribution in [3.63, 3.8) is 0 Å². The van der Waals surface area contributed by atoms with Crippen LogP contribution in [-0.4, -0.2) is 13.5 Å². The molecule has 0 saturated heterocycles. The highest BCUT2D eigenvalue weighted by Crippen LogP contribution is 2.34. The van der Waals surface area contributed by atoms with Crippen LogP contribution in [0.3, 0.4) is 0 Å². The van der Waals surface area contributed by atoms with E-state index in [0.29, 0.717) is 13.5 Å². The van der Waals surface area contributed by atoms with E-state index < -0.39 is 0 Å². The second kappa shape index (κ2) is 8.91. The molecule has 5 heteroatoms. The molecule has 0 atom stereocenters. The van der Waals surface area contributed by atoms with E-state index in [1.54, 1.807) is 0 Å². The Morgan fingerprint density at radius 1 is 0.600 bits per heavy atom. The lowest BCUT2D eigenvalue weighted by Gasteiger charge is -2.31. The molecule has 0 unspecified atom stereocenters. The van der Waals surface area contributed by atoms with Crippen LogP contribution < -0.4 is 24.0 Å². The van der Waals surface area contributed by atoms with Gasteiger partial charge in [0, 0.05) is 47.7 Å². The number of anilines is 2. The molecule has 4 aromatic carbocycles. The van der Waals surface area contributed by atoms with Gasteiger partial charge in [0.15, 0.2) is 13.5 Å². The van der Waals surface area contributed by atoms with Crippen molar-refractivity contribution in [2.45, 2.75) is 26.9 Å². The number of ether oxygens (including phenoxy) is 3. The molecule has 0 amide bonds. The van der Waals surface area contributed by atoms with Crippen LogP contribution in [0.5, 0.6) is 23.0 Å². The minimum atomic E-state index is 0.519. The van der Waals surface area contributed by atoms with Gasteiger partial charge in [-0.15, -0.1) is 0 Å². The maximum absolute atomic E-state index is 6.28. The van der Waals surface area contributed by atoms with Gasteiger partial charge < -0.3 is 24.0 Å².